The lowest BCUT2D eigenvalue weighted by atomic mass is 9.99. The van der Waals surface area contributed by atoms with Crippen LogP contribution in [0.1, 0.15) is 23.5 Å². The average Bonchev–Trinajstić information content (AvgIpc) is 2.65. The van der Waals surface area contributed by atoms with Crippen molar-refractivity contribution in [3.63, 3.8) is 0 Å². The van der Waals surface area contributed by atoms with E-state index in [9.17, 15) is 19.5 Å². The molecule has 26 heavy (non-hydrogen) atoms. The molecule has 2 aromatic rings. The van der Waals surface area contributed by atoms with Crippen LogP contribution in [0.4, 0.5) is 5.69 Å². The number of rotatable bonds is 6. The second kappa shape index (κ2) is 7.82. The number of para-hydroxylation sites is 1. The Morgan fingerprint density at radius 1 is 1.04 bits per heavy atom. The van der Waals surface area contributed by atoms with E-state index in [-0.39, 0.29) is 24.9 Å². The molecule has 1 atom stereocenters. The van der Waals surface area contributed by atoms with Gasteiger partial charge in [0.05, 0.1) is 5.92 Å². The molecule has 2 amide bonds. The number of fused-ring (bicyclic) bond motifs is 1. The Labute approximate surface area is 151 Å². The smallest absolute Gasteiger partial charge is 0.312 e. The monoisotopic (exact) mass is 352 g/mol. The van der Waals surface area contributed by atoms with Crippen LogP contribution in [0.3, 0.4) is 0 Å². The lowest BCUT2D eigenvalue weighted by molar-refractivity contribution is -0.138. The zero-order chi connectivity index (χ0) is 18.5. The molecule has 1 aliphatic heterocycles. The number of carbonyl (C=O) groups excluding carboxylic acids is 2. The third-order valence-electron chi connectivity index (χ3n) is 4.50. The van der Waals surface area contributed by atoms with Gasteiger partial charge in [-0.25, -0.2) is 0 Å². The quantitative estimate of drug-likeness (QED) is 0.832. The molecule has 6 nitrogen and oxygen atoms in total. The summed E-state index contributed by atoms with van der Waals surface area (Å²) in [6.07, 6.45) is 1.04. The van der Waals surface area contributed by atoms with Gasteiger partial charge in [-0.05, 0) is 23.6 Å². The van der Waals surface area contributed by atoms with Gasteiger partial charge < -0.3 is 15.3 Å². The molecular formula is C20H20N2O4. The SMILES string of the molecule is O=C(CN1C(=O)CCc2ccccc21)NCC(C(=O)O)c1ccccc1. The number of anilines is 1. The minimum atomic E-state index is -1.00. The topological polar surface area (TPSA) is 86.7 Å². The Morgan fingerprint density at radius 3 is 2.46 bits per heavy atom. The zero-order valence-electron chi connectivity index (χ0n) is 14.2. The van der Waals surface area contributed by atoms with Gasteiger partial charge in [0.1, 0.15) is 6.54 Å². The number of benzene rings is 2. The van der Waals surface area contributed by atoms with Crippen molar-refractivity contribution in [2.24, 2.45) is 0 Å². The van der Waals surface area contributed by atoms with Crippen LogP contribution in [0.5, 0.6) is 0 Å². The summed E-state index contributed by atoms with van der Waals surface area (Å²) in [6, 6.07) is 16.3. The van der Waals surface area contributed by atoms with Crippen LogP contribution in [-0.4, -0.2) is 36.0 Å². The third kappa shape index (κ3) is 3.91. The average molecular weight is 352 g/mol. The van der Waals surface area contributed by atoms with Gasteiger partial charge in [-0.2, -0.15) is 0 Å². The van der Waals surface area contributed by atoms with E-state index in [1.54, 1.807) is 30.3 Å². The first-order valence-corrected chi connectivity index (χ1v) is 8.49. The van der Waals surface area contributed by atoms with Crippen molar-refractivity contribution < 1.29 is 19.5 Å². The number of carboxylic acid groups (broad SMARTS) is 1. The van der Waals surface area contributed by atoms with Crippen molar-refractivity contribution >= 4 is 23.5 Å². The summed E-state index contributed by atoms with van der Waals surface area (Å²) in [5, 5.41) is 12.1. The number of nitrogens with zero attached hydrogens (tertiary/aromatic N) is 1. The second-order valence-electron chi connectivity index (χ2n) is 6.21. The highest BCUT2D eigenvalue weighted by molar-refractivity contribution is 6.01. The maximum atomic E-state index is 12.3. The van der Waals surface area contributed by atoms with Gasteiger partial charge in [-0.3, -0.25) is 14.4 Å². The fourth-order valence-electron chi connectivity index (χ4n) is 3.12. The maximum absolute atomic E-state index is 12.3. The van der Waals surface area contributed by atoms with E-state index in [0.717, 1.165) is 11.3 Å². The first-order chi connectivity index (χ1) is 12.6. The van der Waals surface area contributed by atoms with E-state index in [4.69, 9.17) is 0 Å². The molecule has 0 bridgehead atoms. The lowest BCUT2D eigenvalue weighted by Crippen LogP contribution is -2.44. The molecule has 2 aromatic carbocycles. The first kappa shape index (κ1) is 17.7. The second-order valence-corrected chi connectivity index (χ2v) is 6.21. The molecule has 1 heterocycles. The highest BCUT2D eigenvalue weighted by Crippen LogP contribution is 2.27. The summed E-state index contributed by atoms with van der Waals surface area (Å²) in [7, 11) is 0. The van der Waals surface area contributed by atoms with Gasteiger partial charge in [-0.15, -0.1) is 0 Å². The molecule has 0 spiro atoms. The number of hydrogen-bond acceptors (Lipinski definition) is 3. The van der Waals surface area contributed by atoms with Crippen molar-refractivity contribution in [2.45, 2.75) is 18.8 Å². The number of amides is 2. The van der Waals surface area contributed by atoms with Crippen molar-refractivity contribution in [3.8, 4) is 0 Å². The Kier molecular flexibility index (Phi) is 5.31. The van der Waals surface area contributed by atoms with Crippen molar-refractivity contribution in [2.75, 3.05) is 18.0 Å². The van der Waals surface area contributed by atoms with Crippen LogP contribution >= 0.6 is 0 Å². The summed E-state index contributed by atoms with van der Waals surface area (Å²) in [6.45, 7) is -0.140. The molecule has 1 aliphatic rings. The van der Waals surface area contributed by atoms with Crippen LogP contribution < -0.4 is 10.2 Å². The number of aryl methyl sites for hydroxylation is 1. The zero-order valence-corrected chi connectivity index (χ0v) is 14.2. The van der Waals surface area contributed by atoms with Crippen LogP contribution in [0.2, 0.25) is 0 Å². The molecule has 1 unspecified atom stereocenters. The van der Waals surface area contributed by atoms with Crippen molar-refractivity contribution in [3.05, 3.63) is 65.7 Å². The van der Waals surface area contributed by atoms with Crippen molar-refractivity contribution in [1.29, 1.82) is 0 Å². The molecule has 0 aliphatic carbocycles. The van der Waals surface area contributed by atoms with Crippen LogP contribution in [-0.2, 0) is 20.8 Å². The van der Waals surface area contributed by atoms with Crippen LogP contribution in [0, 0.1) is 0 Å². The first-order valence-electron chi connectivity index (χ1n) is 8.49. The number of carbonyl (C=O) groups is 3. The van der Waals surface area contributed by atoms with Crippen LogP contribution in [0.15, 0.2) is 54.6 Å². The Bertz CT molecular complexity index is 820. The lowest BCUT2D eigenvalue weighted by Gasteiger charge is -2.29. The number of hydrogen-bond donors (Lipinski definition) is 2. The molecule has 0 radical (unpaired) electrons. The van der Waals surface area contributed by atoms with Gasteiger partial charge in [-0.1, -0.05) is 48.5 Å². The van der Waals surface area contributed by atoms with Gasteiger partial charge in [0, 0.05) is 18.7 Å². The standard InChI is InChI=1S/C20H20N2O4/c23-18(21-12-16(20(25)26)14-6-2-1-3-7-14)13-22-17-9-5-4-8-15(17)10-11-19(22)24/h1-9,16H,10-13H2,(H,21,23)(H,25,26). The van der Waals surface area contributed by atoms with E-state index < -0.39 is 11.9 Å². The van der Waals surface area contributed by atoms with Crippen molar-refractivity contribution in [1.82, 2.24) is 5.32 Å². The molecule has 2 N–H and O–H groups in total. The molecule has 134 valence electrons. The summed E-state index contributed by atoms with van der Waals surface area (Å²) >= 11 is 0. The van der Waals surface area contributed by atoms with Gasteiger partial charge in [0.25, 0.3) is 0 Å². The molecule has 6 heteroatoms. The predicted molar refractivity (Wildman–Crippen MR) is 96.9 cm³/mol. The summed E-state index contributed by atoms with van der Waals surface area (Å²) < 4.78 is 0. The minimum Gasteiger partial charge on any atom is -0.481 e. The number of carboxylic acids is 1. The fraction of sp³-hybridized carbons (Fsp3) is 0.250. The molecule has 0 saturated carbocycles. The fourth-order valence-corrected chi connectivity index (χ4v) is 3.12. The third-order valence-corrected chi connectivity index (χ3v) is 4.50. The van der Waals surface area contributed by atoms with E-state index in [0.29, 0.717) is 18.4 Å². The molecular weight excluding hydrogens is 332 g/mol. The molecule has 0 fully saturated rings. The highest BCUT2D eigenvalue weighted by Gasteiger charge is 2.26. The molecule has 3 rings (SSSR count). The Balaban J connectivity index is 1.65. The van der Waals surface area contributed by atoms with Gasteiger partial charge >= 0.3 is 5.97 Å². The number of aliphatic carboxylic acids is 1. The number of nitrogens with one attached hydrogen (secondary N) is 1. The van der Waals surface area contributed by atoms with E-state index in [2.05, 4.69) is 5.32 Å². The summed E-state index contributed by atoms with van der Waals surface area (Å²) in [4.78, 5) is 37.5. The predicted octanol–water partition coefficient (Wildman–Crippen LogP) is 1.95. The Morgan fingerprint density at radius 2 is 1.73 bits per heavy atom. The van der Waals surface area contributed by atoms with Gasteiger partial charge in [0.2, 0.25) is 11.8 Å². The van der Waals surface area contributed by atoms with E-state index in [1.165, 1.54) is 4.90 Å². The largest absolute Gasteiger partial charge is 0.481 e. The molecule has 0 saturated heterocycles. The van der Waals surface area contributed by atoms with E-state index in [1.807, 2.05) is 24.3 Å². The normalized spacial score (nSPS) is 14.5. The highest BCUT2D eigenvalue weighted by atomic mass is 16.4. The van der Waals surface area contributed by atoms with Crippen LogP contribution in [0.25, 0.3) is 0 Å². The van der Waals surface area contributed by atoms with Gasteiger partial charge in [0.15, 0.2) is 0 Å². The molecule has 0 aromatic heterocycles. The summed E-state index contributed by atoms with van der Waals surface area (Å²) in [5.41, 5.74) is 2.41. The Hall–Kier alpha value is -3.15. The maximum Gasteiger partial charge on any atom is 0.312 e. The van der Waals surface area contributed by atoms with E-state index >= 15 is 0 Å². The summed E-state index contributed by atoms with van der Waals surface area (Å²) in [5.74, 6) is -2.31. The minimum absolute atomic E-state index is 0.0259.